The van der Waals surface area contributed by atoms with E-state index >= 15 is 8.78 Å². The Hall–Kier alpha value is -4.07. The van der Waals surface area contributed by atoms with Crippen LogP contribution >= 0.6 is 7.60 Å². The van der Waals surface area contributed by atoms with Gasteiger partial charge in [-0.05, 0) is 39.8 Å². The Kier molecular flexibility index (Phi) is 11.4. The van der Waals surface area contributed by atoms with Gasteiger partial charge in [0.25, 0.3) is 0 Å². The van der Waals surface area contributed by atoms with Crippen LogP contribution in [0.4, 0.5) is 29.7 Å². The zero-order valence-electron chi connectivity index (χ0n) is 23.4. The number of anilines is 2. The third-order valence-electron chi connectivity index (χ3n) is 5.10. The summed E-state index contributed by atoms with van der Waals surface area (Å²) in [4.78, 5) is 31.6. The van der Waals surface area contributed by atoms with E-state index in [2.05, 4.69) is 15.3 Å². The summed E-state index contributed by atoms with van der Waals surface area (Å²) in [5.74, 6) is -1.55. The van der Waals surface area contributed by atoms with Gasteiger partial charge in [-0.25, -0.2) is 23.4 Å². The predicted octanol–water partition coefficient (Wildman–Crippen LogP) is 6.42. The quantitative estimate of drug-likeness (QED) is 0.128. The fraction of sp³-hybridized carbons (Fsp3) is 0.385. The van der Waals surface area contributed by atoms with Crippen molar-refractivity contribution in [3.63, 3.8) is 0 Å². The average molecular weight is 614 g/mol. The van der Waals surface area contributed by atoms with Crippen molar-refractivity contribution >= 4 is 42.2 Å². The predicted molar refractivity (Wildman–Crippen MR) is 144 cm³/mol. The number of hydrogen-bond acceptors (Lipinski definition) is 13. The minimum absolute atomic E-state index is 0.240. The van der Waals surface area contributed by atoms with E-state index in [-0.39, 0.29) is 5.69 Å². The molecule has 0 amide bonds. The molecule has 2 heterocycles. The second-order valence-corrected chi connectivity index (χ2v) is 11.1. The zero-order chi connectivity index (χ0) is 30.9. The molecule has 3 aromatic rings. The smallest absolute Gasteiger partial charge is 0.481 e. The molecule has 0 aliphatic rings. The second-order valence-electron chi connectivity index (χ2n) is 9.04. The number of pyridine rings is 2. The number of halogens is 2. The molecule has 0 saturated carbocycles. The van der Waals surface area contributed by atoms with E-state index in [9.17, 15) is 14.2 Å². The van der Waals surface area contributed by atoms with Crippen LogP contribution in [0.5, 0.6) is 5.88 Å². The molecule has 0 atom stereocenters. The molecule has 0 aliphatic heterocycles. The molecule has 1 N–H and O–H groups in total. The van der Waals surface area contributed by atoms with Crippen LogP contribution < -0.4 is 10.1 Å². The zero-order valence-corrected chi connectivity index (χ0v) is 24.3. The van der Waals surface area contributed by atoms with Crippen LogP contribution in [-0.2, 0) is 38.7 Å². The van der Waals surface area contributed by atoms with E-state index in [0.717, 1.165) is 12.1 Å². The molecule has 3 rings (SSSR count). The number of ether oxygens (including phenoxy) is 5. The average Bonchev–Trinajstić information content (AvgIpc) is 2.90. The van der Waals surface area contributed by atoms with Crippen molar-refractivity contribution < 1.29 is 55.7 Å². The Bertz CT molecular complexity index is 1430. The Morgan fingerprint density at radius 2 is 1.52 bits per heavy atom. The van der Waals surface area contributed by atoms with E-state index in [1.807, 2.05) is 0 Å². The lowest BCUT2D eigenvalue weighted by molar-refractivity contribution is -0.0304. The largest absolute Gasteiger partial charge is 0.510 e. The molecule has 16 heteroatoms. The minimum atomic E-state index is -4.41. The number of benzene rings is 1. The van der Waals surface area contributed by atoms with Crippen LogP contribution in [0.15, 0.2) is 36.7 Å². The number of nitrogens with one attached hydrogen (secondary N) is 1. The Labute approximate surface area is 239 Å². The first-order chi connectivity index (χ1) is 19.9. The van der Waals surface area contributed by atoms with Gasteiger partial charge in [0.15, 0.2) is 0 Å². The number of carbonyl (C=O) groups is 2. The lowest BCUT2D eigenvalue weighted by Crippen LogP contribution is -2.16. The van der Waals surface area contributed by atoms with Crippen LogP contribution in [0, 0.1) is 11.6 Å². The summed E-state index contributed by atoms with van der Waals surface area (Å²) in [6, 6.07) is 4.78. The minimum Gasteiger partial charge on any atom is -0.481 e. The Balaban J connectivity index is 1.78. The van der Waals surface area contributed by atoms with E-state index < -0.39 is 69.1 Å². The van der Waals surface area contributed by atoms with Gasteiger partial charge < -0.3 is 29.0 Å². The third kappa shape index (κ3) is 9.50. The Morgan fingerprint density at radius 3 is 2.10 bits per heavy atom. The second kappa shape index (κ2) is 14.7. The molecule has 1 aromatic carbocycles. The molecular formula is C26H30F2N3O10P. The van der Waals surface area contributed by atoms with Gasteiger partial charge in [0.1, 0.15) is 11.6 Å². The van der Waals surface area contributed by atoms with Crippen LogP contribution in [0.1, 0.15) is 33.3 Å². The van der Waals surface area contributed by atoms with Crippen molar-refractivity contribution in [3.8, 4) is 5.88 Å². The number of carbonyl (C=O) groups excluding carboxylic acids is 2. The number of aromatic nitrogens is 2. The molecule has 2 aromatic heterocycles. The summed E-state index contributed by atoms with van der Waals surface area (Å²) in [6.45, 7) is 4.46. The molecule has 0 spiro atoms. The van der Waals surface area contributed by atoms with Gasteiger partial charge in [-0.3, -0.25) is 18.6 Å². The first kappa shape index (κ1) is 32.4. The van der Waals surface area contributed by atoms with E-state index in [4.69, 9.17) is 32.7 Å². The molecule has 0 radical (unpaired) electrons. The van der Waals surface area contributed by atoms with E-state index in [1.165, 1.54) is 19.5 Å². The van der Waals surface area contributed by atoms with Crippen molar-refractivity contribution in [2.24, 2.45) is 0 Å². The first-order valence-corrected chi connectivity index (χ1v) is 14.2. The van der Waals surface area contributed by atoms with Crippen molar-refractivity contribution in [2.45, 2.75) is 46.1 Å². The molecule has 42 heavy (non-hydrogen) atoms. The number of nitrogens with zero attached hydrogens (tertiary/aromatic N) is 2. The molecule has 0 unspecified atom stereocenters. The van der Waals surface area contributed by atoms with Crippen LogP contribution in [0.2, 0.25) is 0 Å². The van der Waals surface area contributed by atoms with Gasteiger partial charge in [0.2, 0.25) is 19.5 Å². The van der Waals surface area contributed by atoms with Crippen molar-refractivity contribution in [1.29, 1.82) is 0 Å². The lowest BCUT2D eigenvalue weighted by atomic mass is 10.1. The first-order valence-electron chi connectivity index (χ1n) is 12.5. The van der Waals surface area contributed by atoms with Gasteiger partial charge in [0, 0.05) is 35.5 Å². The highest BCUT2D eigenvalue weighted by atomic mass is 31.2. The standard InChI is InChI=1S/C26H30F2N3O10P/c1-15(2)40-25(32)36-13-38-42(34,39-14-37-26(33)41-16(3)4)12-17-8-20(28)23(9-19(17)27)31-21-6-7-29-22-10-24(35-5)30-11-18(21)22/h6-11,15-16H,12-14H2,1-5H3,(H,29,31). The lowest BCUT2D eigenvalue weighted by Gasteiger charge is -2.19. The maximum absolute atomic E-state index is 15.2. The molecule has 228 valence electrons. The normalized spacial score (nSPS) is 11.5. The fourth-order valence-electron chi connectivity index (χ4n) is 3.29. The number of rotatable bonds is 13. The van der Waals surface area contributed by atoms with Gasteiger partial charge >= 0.3 is 19.9 Å². The molecule has 0 saturated heterocycles. The summed E-state index contributed by atoms with van der Waals surface area (Å²) >= 11 is 0. The van der Waals surface area contributed by atoms with Crippen molar-refractivity contribution in [3.05, 3.63) is 53.9 Å². The number of fused-ring (bicyclic) bond motifs is 1. The highest BCUT2D eigenvalue weighted by molar-refractivity contribution is 7.53. The summed E-state index contributed by atoms with van der Waals surface area (Å²) in [5, 5.41) is 3.31. The fourth-order valence-corrected chi connectivity index (χ4v) is 4.64. The van der Waals surface area contributed by atoms with Crippen molar-refractivity contribution in [2.75, 3.05) is 26.0 Å². The molecular weight excluding hydrogens is 583 g/mol. The van der Waals surface area contributed by atoms with Gasteiger partial charge in [-0.15, -0.1) is 0 Å². The summed E-state index contributed by atoms with van der Waals surface area (Å²) < 4.78 is 77.9. The summed E-state index contributed by atoms with van der Waals surface area (Å²) in [7, 11) is -2.96. The Morgan fingerprint density at radius 1 is 0.905 bits per heavy atom. The number of hydrogen-bond donors (Lipinski definition) is 1. The maximum Gasteiger partial charge on any atom is 0.510 e. The highest BCUT2D eigenvalue weighted by Gasteiger charge is 2.30. The van der Waals surface area contributed by atoms with E-state index in [0.29, 0.717) is 22.5 Å². The SMILES string of the molecule is COc1cc2nccc(Nc3cc(F)c(CP(=O)(OCOC(=O)OC(C)C)OCOC(=O)OC(C)C)cc3F)c2cn1. The molecule has 13 nitrogen and oxygen atoms in total. The third-order valence-corrected chi connectivity index (χ3v) is 6.82. The van der Waals surface area contributed by atoms with Crippen molar-refractivity contribution in [1.82, 2.24) is 9.97 Å². The summed E-state index contributed by atoms with van der Waals surface area (Å²) in [5.41, 5.74) is 0.241. The maximum atomic E-state index is 15.2. The monoisotopic (exact) mass is 613 g/mol. The molecule has 0 fully saturated rings. The van der Waals surface area contributed by atoms with Gasteiger partial charge in [0.05, 0.1) is 42.4 Å². The van der Waals surface area contributed by atoms with Gasteiger partial charge in [-0.1, -0.05) is 0 Å². The van der Waals surface area contributed by atoms with Crippen LogP contribution in [0.3, 0.4) is 0 Å². The highest BCUT2D eigenvalue weighted by Crippen LogP contribution is 2.52. The summed E-state index contributed by atoms with van der Waals surface area (Å²) in [6.07, 6.45) is -1.14. The van der Waals surface area contributed by atoms with Crippen LogP contribution in [-0.4, -0.2) is 55.2 Å². The van der Waals surface area contributed by atoms with E-state index in [1.54, 1.807) is 39.8 Å². The molecule has 0 aliphatic carbocycles. The number of methoxy groups -OCH3 is 1. The topological polar surface area (TPSA) is 154 Å². The molecule has 0 bridgehead atoms. The van der Waals surface area contributed by atoms with Crippen LogP contribution in [0.25, 0.3) is 10.9 Å². The van der Waals surface area contributed by atoms with Gasteiger partial charge in [-0.2, -0.15) is 0 Å².